The molecule has 30 heavy (non-hydrogen) atoms. The van der Waals surface area contributed by atoms with Crippen LogP contribution in [-0.2, 0) is 16.0 Å². The number of carbonyl (C=O) groups is 2. The lowest BCUT2D eigenvalue weighted by Gasteiger charge is -2.13. The van der Waals surface area contributed by atoms with Crippen molar-refractivity contribution in [3.63, 3.8) is 0 Å². The molecule has 1 heterocycles. The van der Waals surface area contributed by atoms with E-state index in [2.05, 4.69) is 10.3 Å². The molecule has 1 aromatic heterocycles. The third-order valence-electron chi connectivity index (χ3n) is 4.57. The van der Waals surface area contributed by atoms with Crippen LogP contribution in [-0.4, -0.2) is 31.1 Å². The Bertz CT molecular complexity index is 1100. The SMILES string of the molecule is COC(=O)c1ccc(-c2cc(Cl)cc(CC(=O)Nc3cnccc3C)c2)c(OC)c1. The highest BCUT2D eigenvalue weighted by atomic mass is 35.5. The predicted octanol–water partition coefficient (Wildman–Crippen LogP) is 4.69. The van der Waals surface area contributed by atoms with E-state index < -0.39 is 5.97 Å². The van der Waals surface area contributed by atoms with Gasteiger partial charge in [-0.2, -0.15) is 0 Å². The molecule has 0 aliphatic rings. The average molecular weight is 425 g/mol. The number of ether oxygens (including phenoxy) is 2. The molecule has 1 amide bonds. The Hall–Kier alpha value is -3.38. The minimum Gasteiger partial charge on any atom is -0.496 e. The van der Waals surface area contributed by atoms with Gasteiger partial charge in [-0.1, -0.05) is 17.7 Å². The van der Waals surface area contributed by atoms with E-state index in [9.17, 15) is 9.59 Å². The van der Waals surface area contributed by atoms with Crippen molar-refractivity contribution in [1.82, 2.24) is 4.98 Å². The number of carbonyl (C=O) groups excluding carboxylic acids is 2. The second kappa shape index (κ2) is 9.41. The number of halogens is 1. The summed E-state index contributed by atoms with van der Waals surface area (Å²) in [6, 6.07) is 12.3. The van der Waals surface area contributed by atoms with Crippen LogP contribution in [0.2, 0.25) is 5.02 Å². The Kier molecular flexibility index (Phi) is 6.69. The number of hydrogen-bond donors (Lipinski definition) is 1. The van der Waals surface area contributed by atoms with Crippen molar-refractivity contribution in [3.05, 3.63) is 76.6 Å². The normalized spacial score (nSPS) is 10.4. The molecule has 0 saturated carbocycles. The van der Waals surface area contributed by atoms with Gasteiger partial charge in [0.2, 0.25) is 5.91 Å². The number of methoxy groups -OCH3 is 2. The summed E-state index contributed by atoms with van der Waals surface area (Å²) in [5.74, 6) is -0.122. The minimum absolute atomic E-state index is 0.143. The molecule has 3 rings (SSSR count). The zero-order chi connectivity index (χ0) is 21.7. The lowest BCUT2D eigenvalue weighted by Crippen LogP contribution is -2.15. The topological polar surface area (TPSA) is 77.5 Å². The Morgan fingerprint density at radius 1 is 1.10 bits per heavy atom. The summed E-state index contributed by atoms with van der Waals surface area (Å²) in [7, 11) is 2.85. The molecule has 154 valence electrons. The third-order valence-corrected chi connectivity index (χ3v) is 4.79. The van der Waals surface area contributed by atoms with Gasteiger partial charge in [0, 0.05) is 16.8 Å². The molecule has 0 aliphatic carbocycles. The van der Waals surface area contributed by atoms with Gasteiger partial charge in [0.15, 0.2) is 0 Å². The van der Waals surface area contributed by atoms with Gasteiger partial charge in [-0.05, 0) is 60.0 Å². The van der Waals surface area contributed by atoms with Gasteiger partial charge in [-0.15, -0.1) is 0 Å². The molecule has 0 spiro atoms. The summed E-state index contributed by atoms with van der Waals surface area (Å²) < 4.78 is 10.2. The van der Waals surface area contributed by atoms with Crippen LogP contribution in [0.3, 0.4) is 0 Å². The monoisotopic (exact) mass is 424 g/mol. The lowest BCUT2D eigenvalue weighted by molar-refractivity contribution is -0.115. The van der Waals surface area contributed by atoms with Crippen molar-refractivity contribution in [2.24, 2.45) is 0 Å². The fraction of sp³-hybridized carbons (Fsp3) is 0.174. The van der Waals surface area contributed by atoms with E-state index in [1.165, 1.54) is 14.2 Å². The molecule has 0 atom stereocenters. The molecule has 0 saturated heterocycles. The molecule has 0 fully saturated rings. The van der Waals surface area contributed by atoms with Crippen molar-refractivity contribution < 1.29 is 19.1 Å². The van der Waals surface area contributed by atoms with E-state index in [0.29, 0.717) is 22.0 Å². The maximum atomic E-state index is 12.5. The predicted molar refractivity (Wildman–Crippen MR) is 116 cm³/mol. The Balaban J connectivity index is 1.87. The van der Waals surface area contributed by atoms with Gasteiger partial charge in [0.1, 0.15) is 5.75 Å². The molecule has 0 bridgehead atoms. The molecule has 2 aromatic carbocycles. The molecular weight excluding hydrogens is 404 g/mol. The summed E-state index contributed by atoms with van der Waals surface area (Å²) in [5.41, 5.74) is 4.25. The number of amides is 1. The van der Waals surface area contributed by atoms with Crippen LogP contribution in [0.4, 0.5) is 5.69 Å². The molecule has 1 N–H and O–H groups in total. The first kappa shape index (κ1) is 21.3. The quantitative estimate of drug-likeness (QED) is 0.581. The number of pyridine rings is 1. The average Bonchev–Trinajstić information content (AvgIpc) is 2.73. The van der Waals surface area contributed by atoms with Crippen molar-refractivity contribution in [1.29, 1.82) is 0 Å². The molecule has 7 heteroatoms. The van der Waals surface area contributed by atoms with Crippen LogP contribution in [0.15, 0.2) is 54.9 Å². The van der Waals surface area contributed by atoms with Gasteiger partial charge in [0.25, 0.3) is 0 Å². The summed E-state index contributed by atoms with van der Waals surface area (Å²) in [5, 5.41) is 3.36. The Morgan fingerprint density at radius 3 is 2.60 bits per heavy atom. The smallest absolute Gasteiger partial charge is 0.337 e. The van der Waals surface area contributed by atoms with Crippen molar-refractivity contribution in [2.75, 3.05) is 19.5 Å². The second-order valence-corrected chi connectivity index (χ2v) is 7.11. The largest absolute Gasteiger partial charge is 0.496 e. The maximum Gasteiger partial charge on any atom is 0.337 e. The highest BCUT2D eigenvalue weighted by Gasteiger charge is 2.14. The van der Waals surface area contributed by atoms with Crippen LogP contribution in [0.25, 0.3) is 11.1 Å². The molecule has 0 unspecified atom stereocenters. The molecular formula is C23H21ClN2O4. The van der Waals surface area contributed by atoms with E-state index in [1.54, 1.807) is 42.7 Å². The van der Waals surface area contributed by atoms with Gasteiger partial charge >= 0.3 is 5.97 Å². The number of esters is 1. The highest BCUT2D eigenvalue weighted by Crippen LogP contribution is 2.33. The number of aryl methyl sites for hydroxylation is 1. The Morgan fingerprint density at radius 2 is 1.90 bits per heavy atom. The van der Waals surface area contributed by atoms with Crippen molar-refractivity contribution in [3.8, 4) is 16.9 Å². The summed E-state index contributed by atoms with van der Waals surface area (Å²) in [6.45, 7) is 1.90. The summed E-state index contributed by atoms with van der Waals surface area (Å²) >= 11 is 6.31. The minimum atomic E-state index is -0.450. The first-order valence-electron chi connectivity index (χ1n) is 9.18. The fourth-order valence-electron chi connectivity index (χ4n) is 3.06. The standard InChI is InChI=1S/C23H21ClN2O4/c1-14-6-7-25-13-20(14)26-22(27)10-15-8-17(11-18(24)9-15)19-5-4-16(23(28)30-3)12-21(19)29-2/h4-9,11-13H,10H2,1-3H3,(H,26,27). The maximum absolute atomic E-state index is 12.5. The third kappa shape index (κ3) is 4.96. The fourth-order valence-corrected chi connectivity index (χ4v) is 3.31. The van der Waals surface area contributed by atoms with E-state index in [0.717, 1.165) is 22.3 Å². The first-order chi connectivity index (χ1) is 14.4. The van der Waals surface area contributed by atoms with E-state index >= 15 is 0 Å². The number of benzene rings is 2. The van der Waals surface area contributed by atoms with E-state index in [-0.39, 0.29) is 12.3 Å². The Labute approximate surface area is 179 Å². The lowest BCUT2D eigenvalue weighted by atomic mass is 9.99. The van der Waals surface area contributed by atoms with Crippen molar-refractivity contribution in [2.45, 2.75) is 13.3 Å². The molecule has 0 aliphatic heterocycles. The zero-order valence-electron chi connectivity index (χ0n) is 16.9. The van der Waals surface area contributed by atoms with Gasteiger partial charge in [-0.25, -0.2) is 4.79 Å². The number of anilines is 1. The van der Waals surface area contributed by atoms with Crippen LogP contribution in [0.5, 0.6) is 5.75 Å². The number of nitrogens with one attached hydrogen (secondary N) is 1. The van der Waals surface area contributed by atoms with Gasteiger partial charge in [-0.3, -0.25) is 9.78 Å². The van der Waals surface area contributed by atoms with Crippen molar-refractivity contribution >= 4 is 29.2 Å². The zero-order valence-corrected chi connectivity index (χ0v) is 17.6. The number of rotatable bonds is 6. The number of hydrogen-bond acceptors (Lipinski definition) is 5. The molecule has 6 nitrogen and oxygen atoms in total. The van der Waals surface area contributed by atoms with E-state index in [4.69, 9.17) is 21.1 Å². The molecule has 0 radical (unpaired) electrons. The molecule has 3 aromatic rings. The van der Waals surface area contributed by atoms with E-state index in [1.807, 2.05) is 19.1 Å². The number of aromatic nitrogens is 1. The van der Waals surface area contributed by atoms with Crippen LogP contribution >= 0.6 is 11.6 Å². The van der Waals surface area contributed by atoms with Gasteiger partial charge < -0.3 is 14.8 Å². The highest BCUT2D eigenvalue weighted by molar-refractivity contribution is 6.31. The second-order valence-electron chi connectivity index (χ2n) is 6.67. The van der Waals surface area contributed by atoms with Crippen LogP contribution in [0, 0.1) is 6.92 Å². The summed E-state index contributed by atoms with van der Waals surface area (Å²) in [4.78, 5) is 28.3. The number of nitrogens with zero attached hydrogens (tertiary/aromatic N) is 1. The van der Waals surface area contributed by atoms with Gasteiger partial charge in [0.05, 0.1) is 38.1 Å². The van der Waals surface area contributed by atoms with Crippen LogP contribution in [0.1, 0.15) is 21.5 Å². The van der Waals surface area contributed by atoms with Crippen LogP contribution < -0.4 is 10.1 Å². The summed E-state index contributed by atoms with van der Waals surface area (Å²) in [6.07, 6.45) is 3.43. The first-order valence-corrected chi connectivity index (χ1v) is 9.55.